The molecular weight excluding hydrogens is 242 g/mol. The highest BCUT2D eigenvalue weighted by atomic mass is 35.5. The van der Waals surface area contributed by atoms with Crippen molar-refractivity contribution < 1.29 is 0 Å². The van der Waals surface area contributed by atoms with Crippen molar-refractivity contribution in [1.82, 2.24) is 25.6 Å². The number of aromatic nitrogens is 5. The van der Waals surface area contributed by atoms with Gasteiger partial charge in [-0.05, 0) is 17.3 Å². The van der Waals surface area contributed by atoms with Gasteiger partial charge < -0.3 is 5.32 Å². The van der Waals surface area contributed by atoms with Gasteiger partial charge in [0.2, 0.25) is 5.82 Å². The summed E-state index contributed by atoms with van der Waals surface area (Å²) in [5.41, 5.74) is 0.246. The Kier molecular flexibility index (Phi) is 3.28. The van der Waals surface area contributed by atoms with Crippen LogP contribution in [0.5, 0.6) is 0 Å². The van der Waals surface area contributed by atoms with E-state index in [1.54, 1.807) is 12.1 Å². The van der Waals surface area contributed by atoms with E-state index in [0.717, 1.165) is 0 Å². The number of allylic oxidation sites excluding steroid dienone is 1. The molecule has 17 heavy (non-hydrogen) atoms. The molecule has 0 fully saturated rings. The first-order chi connectivity index (χ1) is 8.29. The number of tetrazole rings is 1. The third kappa shape index (κ3) is 2.76. The maximum atomic E-state index is 8.90. The highest BCUT2D eigenvalue weighted by Crippen LogP contribution is 2.11. The van der Waals surface area contributed by atoms with Gasteiger partial charge in [-0.15, -0.1) is 10.2 Å². The molecular formula is C9H6ClN7. The summed E-state index contributed by atoms with van der Waals surface area (Å²) >= 11 is 5.69. The van der Waals surface area contributed by atoms with Gasteiger partial charge in [-0.25, -0.2) is 4.98 Å². The van der Waals surface area contributed by atoms with Crippen molar-refractivity contribution in [2.75, 3.05) is 5.32 Å². The van der Waals surface area contributed by atoms with Gasteiger partial charge >= 0.3 is 0 Å². The van der Waals surface area contributed by atoms with E-state index in [-0.39, 0.29) is 11.4 Å². The predicted octanol–water partition coefficient (Wildman–Crippen LogP) is 1.22. The Morgan fingerprint density at radius 2 is 2.41 bits per heavy atom. The third-order valence-electron chi connectivity index (χ3n) is 1.80. The number of halogens is 1. The summed E-state index contributed by atoms with van der Waals surface area (Å²) in [6.45, 7) is 0. The number of nitrogens with one attached hydrogen (secondary N) is 2. The first-order valence-electron chi connectivity index (χ1n) is 4.52. The third-order valence-corrected chi connectivity index (χ3v) is 2.02. The molecule has 8 heteroatoms. The molecule has 0 atom stereocenters. The second-order valence-electron chi connectivity index (χ2n) is 2.91. The van der Waals surface area contributed by atoms with E-state index in [0.29, 0.717) is 10.8 Å². The zero-order chi connectivity index (χ0) is 12.1. The molecule has 2 rings (SSSR count). The second kappa shape index (κ2) is 5.05. The molecule has 0 aliphatic heterocycles. The Labute approximate surface area is 101 Å². The van der Waals surface area contributed by atoms with Crippen LogP contribution in [0, 0.1) is 11.3 Å². The topological polar surface area (TPSA) is 103 Å². The van der Waals surface area contributed by atoms with Gasteiger partial charge in [0.05, 0.1) is 5.02 Å². The van der Waals surface area contributed by atoms with Gasteiger partial charge in [0, 0.05) is 12.4 Å². The fraction of sp³-hybridized carbons (Fsp3) is 0. The zero-order valence-electron chi connectivity index (χ0n) is 8.42. The van der Waals surface area contributed by atoms with Crippen molar-refractivity contribution in [3.05, 3.63) is 35.4 Å². The Hall–Kier alpha value is -2.46. The standard InChI is InChI=1S/C9H6ClN7/c10-7-1-2-8(13-5-7)12-4-6(3-11)9-14-16-17-15-9/h1-2,4-5H,(H,12,13)(H,14,15,16,17). The first-order valence-corrected chi connectivity index (χ1v) is 4.89. The smallest absolute Gasteiger partial charge is 0.216 e. The number of nitriles is 1. The van der Waals surface area contributed by atoms with Crippen LogP contribution in [0.1, 0.15) is 5.82 Å². The van der Waals surface area contributed by atoms with Crippen LogP contribution < -0.4 is 5.32 Å². The summed E-state index contributed by atoms with van der Waals surface area (Å²) in [4.78, 5) is 4.00. The number of H-pyrrole nitrogens is 1. The summed E-state index contributed by atoms with van der Waals surface area (Å²) < 4.78 is 0. The molecule has 0 saturated heterocycles. The maximum Gasteiger partial charge on any atom is 0.216 e. The highest BCUT2D eigenvalue weighted by Gasteiger charge is 2.05. The van der Waals surface area contributed by atoms with Crippen molar-refractivity contribution >= 4 is 23.0 Å². The number of aromatic amines is 1. The summed E-state index contributed by atoms with van der Waals surface area (Å²) in [6, 6.07) is 5.32. The molecule has 0 aliphatic rings. The lowest BCUT2D eigenvalue weighted by molar-refractivity contribution is 0.881. The molecule has 2 aromatic heterocycles. The Balaban J connectivity index is 2.14. The van der Waals surface area contributed by atoms with Crippen molar-refractivity contribution in [2.45, 2.75) is 0 Å². The number of anilines is 1. The van der Waals surface area contributed by atoms with Gasteiger partial charge in [-0.1, -0.05) is 11.6 Å². The molecule has 84 valence electrons. The average Bonchev–Trinajstić information content (AvgIpc) is 2.86. The molecule has 0 aromatic carbocycles. The summed E-state index contributed by atoms with van der Waals surface area (Å²) in [7, 11) is 0. The largest absolute Gasteiger partial charge is 0.345 e. The van der Waals surface area contributed by atoms with Crippen LogP contribution >= 0.6 is 11.6 Å². The Bertz CT molecular complexity index is 552. The molecule has 0 radical (unpaired) electrons. The van der Waals surface area contributed by atoms with E-state index >= 15 is 0 Å². The second-order valence-corrected chi connectivity index (χ2v) is 3.35. The van der Waals surface area contributed by atoms with E-state index in [9.17, 15) is 0 Å². The normalized spacial score (nSPS) is 10.9. The fourth-order valence-electron chi connectivity index (χ4n) is 1.03. The summed E-state index contributed by atoms with van der Waals surface area (Å²) in [5, 5.41) is 25.3. The Morgan fingerprint density at radius 3 is 3.00 bits per heavy atom. The van der Waals surface area contributed by atoms with Gasteiger partial charge in [-0.3, -0.25) is 0 Å². The first kappa shape index (κ1) is 11.0. The van der Waals surface area contributed by atoms with Crippen molar-refractivity contribution in [2.24, 2.45) is 0 Å². The SMILES string of the molecule is N#CC(=CNc1ccc(Cl)cn1)c1nn[nH]n1. The molecule has 0 spiro atoms. The van der Waals surface area contributed by atoms with E-state index in [1.165, 1.54) is 12.4 Å². The lowest BCUT2D eigenvalue weighted by Gasteiger charge is -1.99. The minimum atomic E-state index is 0.217. The number of nitrogens with zero attached hydrogens (tertiary/aromatic N) is 5. The number of pyridine rings is 1. The van der Waals surface area contributed by atoms with Crippen LogP contribution in [0.2, 0.25) is 5.02 Å². The van der Waals surface area contributed by atoms with Crippen LogP contribution in [0.3, 0.4) is 0 Å². The molecule has 0 unspecified atom stereocenters. The number of rotatable bonds is 3. The zero-order valence-corrected chi connectivity index (χ0v) is 9.18. The summed E-state index contributed by atoms with van der Waals surface area (Å²) in [6.07, 6.45) is 2.94. The average molecular weight is 248 g/mol. The monoisotopic (exact) mass is 247 g/mol. The van der Waals surface area contributed by atoms with Crippen molar-refractivity contribution in [3.8, 4) is 6.07 Å². The molecule has 7 nitrogen and oxygen atoms in total. The molecule has 0 saturated carbocycles. The van der Waals surface area contributed by atoms with Crippen LogP contribution in [0.4, 0.5) is 5.82 Å². The molecule has 2 heterocycles. The molecule has 2 N–H and O–H groups in total. The van der Waals surface area contributed by atoms with Gasteiger partial charge in [-0.2, -0.15) is 10.5 Å². The van der Waals surface area contributed by atoms with Crippen LogP contribution in [-0.4, -0.2) is 25.6 Å². The predicted molar refractivity (Wildman–Crippen MR) is 60.6 cm³/mol. The van der Waals surface area contributed by atoms with E-state index in [4.69, 9.17) is 16.9 Å². The van der Waals surface area contributed by atoms with Crippen LogP contribution in [-0.2, 0) is 0 Å². The summed E-state index contributed by atoms with van der Waals surface area (Å²) in [5.74, 6) is 0.777. The van der Waals surface area contributed by atoms with Crippen molar-refractivity contribution in [1.29, 1.82) is 5.26 Å². The molecule has 2 aromatic rings. The Morgan fingerprint density at radius 1 is 1.53 bits per heavy atom. The lowest BCUT2D eigenvalue weighted by Crippen LogP contribution is -1.94. The van der Waals surface area contributed by atoms with Gasteiger partial charge in [0.15, 0.2) is 0 Å². The van der Waals surface area contributed by atoms with E-state index < -0.39 is 0 Å². The van der Waals surface area contributed by atoms with Crippen LogP contribution in [0.25, 0.3) is 5.57 Å². The maximum absolute atomic E-state index is 8.90. The molecule has 0 amide bonds. The van der Waals surface area contributed by atoms with Crippen LogP contribution in [0.15, 0.2) is 24.5 Å². The van der Waals surface area contributed by atoms with Gasteiger partial charge in [0.25, 0.3) is 0 Å². The number of hydrogen-bond donors (Lipinski definition) is 2. The van der Waals surface area contributed by atoms with E-state index in [1.807, 2.05) is 6.07 Å². The van der Waals surface area contributed by atoms with Crippen molar-refractivity contribution in [3.63, 3.8) is 0 Å². The van der Waals surface area contributed by atoms with Gasteiger partial charge in [0.1, 0.15) is 17.5 Å². The minimum absolute atomic E-state index is 0.217. The molecule has 0 aliphatic carbocycles. The van der Waals surface area contributed by atoms with E-state index in [2.05, 4.69) is 30.9 Å². The lowest BCUT2D eigenvalue weighted by atomic mass is 10.3. The fourth-order valence-corrected chi connectivity index (χ4v) is 1.14. The quantitative estimate of drug-likeness (QED) is 0.791. The highest BCUT2D eigenvalue weighted by molar-refractivity contribution is 6.30. The molecule has 0 bridgehead atoms. The minimum Gasteiger partial charge on any atom is -0.345 e. The number of hydrogen-bond acceptors (Lipinski definition) is 6.